The lowest BCUT2D eigenvalue weighted by atomic mass is 10.0. The number of carbonyl (C=O) groups is 1. The van der Waals surface area contributed by atoms with Crippen molar-refractivity contribution in [3.63, 3.8) is 0 Å². The summed E-state index contributed by atoms with van der Waals surface area (Å²) < 4.78 is 25.8. The molecule has 1 aliphatic heterocycles. The summed E-state index contributed by atoms with van der Waals surface area (Å²) in [6.45, 7) is 4.25. The maximum Gasteiger partial charge on any atom is 0.221 e. The molecule has 0 aliphatic carbocycles. The molecule has 5 nitrogen and oxygen atoms in total. The Bertz CT molecular complexity index is 611. The van der Waals surface area contributed by atoms with Gasteiger partial charge in [0.15, 0.2) is 0 Å². The standard InChI is InChI=1S/C14H20N2O3S/c1-3-8-20(18,19)16-7-6-12-4-5-14(15-11(2)17)9-13(12)10-16/h4-5,9H,3,6-8,10H2,1-2H3,(H,15,17). The third-order valence-corrected chi connectivity index (χ3v) is 5.38. The van der Waals surface area contributed by atoms with Crippen LogP contribution in [0.5, 0.6) is 0 Å². The van der Waals surface area contributed by atoms with Crippen LogP contribution in [0, 0.1) is 0 Å². The maximum absolute atomic E-state index is 12.1. The molecule has 0 fully saturated rings. The average Bonchev–Trinajstić information content (AvgIpc) is 2.37. The Morgan fingerprint density at radius 1 is 1.35 bits per heavy atom. The molecule has 1 heterocycles. The van der Waals surface area contributed by atoms with Gasteiger partial charge in [-0.1, -0.05) is 13.0 Å². The molecule has 6 heteroatoms. The SMILES string of the molecule is CCCS(=O)(=O)N1CCc2ccc(NC(C)=O)cc2C1. The summed E-state index contributed by atoms with van der Waals surface area (Å²) in [5.74, 6) is 0.0597. The monoisotopic (exact) mass is 296 g/mol. The van der Waals surface area contributed by atoms with E-state index in [1.165, 1.54) is 11.2 Å². The molecule has 1 aromatic rings. The number of sulfonamides is 1. The Morgan fingerprint density at radius 3 is 2.75 bits per heavy atom. The van der Waals surface area contributed by atoms with Gasteiger partial charge in [-0.15, -0.1) is 0 Å². The van der Waals surface area contributed by atoms with Crippen LogP contribution in [0.3, 0.4) is 0 Å². The van der Waals surface area contributed by atoms with Crippen molar-refractivity contribution in [2.45, 2.75) is 33.2 Å². The first kappa shape index (κ1) is 15.0. The zero-order valence-corrected chi connectivity index (χ0v) is 12.7. The normalized spacial score (nSPS) is 15.7. The third kappa shape index (κ3) is 3.37. The van der Waals surface area contributed by atoms with E-state index in [1.54, 1.807) is 0 Å². The van der Waals surface area contributed by atoms with Crippen LogP contribution in [-0.2, 0) is 27.8 Å². The van der Waals surface area contributed by atoms with Gasteiger partial charge in [0.2, 0.25) is 15.9 Å². The molecule has 1 N–H and O–H groups in total. The smallest absolute Gasteiger partial charge is 0.221 e. The molecule has 1 aromatic carbocycles. The lowest BCUT2D eigenvalue weighted by molar-refractivity contribution is -0.114. The molecule has 0 radical (unpaired) electrons. The summed E-state index contributed by atoms with van der Waals surface area (Å²) in [7, 11) is -3.17. The molecule has 0 atom stereocenters. The minimum absolute atomic E-state index is 0.128. The van der Waals surface area contributed by atoms with E-state index >= 15 is 0 Å². The summed E-state index contributed by atoms with van der Waals surface area (Å²) in [6, 6.07) is 5.69. The van der Waals surface area contributed by atoms with Crippen molar-refractivity contribution in [1.82, 2.24) is 4.31 Å². The van der Waals surface area contributed by atoms with Crippen molar-refractivity contribution in [3.05, 3.63) is 29.3 Å². The molecule has 110 valence electrons. The number of rotatable bonds is 4. The summed E-state index contributed by atoms with van der Waals surface area (Å²) in [4.78, 5) is 11.1. The fraction of sp³-hybridized carbons (Fsp3) is 0.500. The highest BCUT2D eigenvalue weighted by Gasteiger charge is 2.25. The third-order valence-electron chi connectivity index (χ3n) is 3.36. The number of fused-ring (bicyclic) bond motifs is 1. The molecule has 0 aromatic heterocycles. The first-order valence-electron chi connectivity index (χ1n) is 6.79. The van der Waals surface area contributed by atoms with Gasteiger partial charge >= 0.3 is 0 Å². The number of carbonyl (C=O) groups excluding carboxylic acids is 1. The first-order chi connectivity index (χ1) is 9.42. The molecular weight excluding hydrogens is 276 g/mol. The molecular formula is C14H20N2O3S. The number of nitrogens with zero attached hydrogens (tertiary/aromatic N) is 1. The predicted molar refractivity (Wildman–Crippen MR) is 78.9 cm³/mol. The van der Waals surface area contributed by atoms with Crippen molar-refractivity contribution >= 4 is 21.6 Å². The molecule has 20 heavy (non-hydrogen) atoms. The van der Waals surface area contributed by atoms with Crippen molar-refractivity contribution in [3.8, 4) is 0 Å². The van der Waals surface area contributed by atoms with Crippen molar-refractivity contribution < 1.29 is 13.2 Å². The van der Waals surface area contributed by atoms with Gasteiger partial charge in [0.1, 0.15) is 0 Å². The van der Waals surface area contributed by atoms with Crippen LogP contribution < -0.4 is 5.32 Å². The van der Waals surface area contributed by atoms with Crippen LogP contribution >= 0.6 is 0 Å². The van der Waals surface area contributed by atoms with Crippen LogP contribution in [0.25, 0.3) is 0 Å². The van der Waals surface area contributed by atoms with Crippen molar-refractivity contribution in [2.24, 2.45) is 0 Å². The molecule has 2 rings (SSSR count). The number of benzene rings is 1. The second kappa shape index (κ2) is 5.93. The Labute approximate surface area is 120 Å². The fourth-order valence-electron chi connectivity index (χ4n) is 2.44. The second-order valence-corrected chi connectivity index (χ2v) is 7.15. The first-order valence-corrected chi connectivity index (χ1v) is 8.40. The summed E-state index contributed by atoms with van der Waals surface area (Å²) in [6.07, 6.45) is 1.34. The summed E-state index contributed by atoms with van der Waals surface area (Å²) in [5.41, 5.74) is 2.84. The van der Waals surface area contributed by atoms with E-state index in [4.69, 9.17) is 0 Å². The fourth-order valence-corrected chi connectivity index (χ4v) is 3.92. The van der Waals surface area contributed by atoms with E-state index < -0.39 is 10.0 Å². The molecule has 0 spiro atoms. The minimum Gasteiger partial charge on any atom is -0.326 e. The predicted octanol–water partition coefficient (Wildman–Crippen LogP) is 1.74. The molecule has 0 saturated heterocycles. The second-order valence-electron chi connectivity index (χ2n) is 5.06. The van der Waals surface area contributed by atoms with Crippen LogP contribution in [0.2, 0.25) is 0 Å². The number of nitrogens with one attached hydrogen (secondary N) is 1. The highest BCUT2D eigenvalue weighted by molar-refractivity contribution is 7.89. The van der Waals surface area contributed by atoms with E-state index in [0.29, 0.717) is 25.2 Å². The minimum atomic E-state index is -3.17. The quantitative estimate of drug-likeness (QED) is 0.920. The highest BCUT2D eigenvalue weighted by Crippen LogP contribution is 2.24. The Kier molecular flexibility index (Phi) is 4.45. The number of amides is 1. The van der Waals surface area contributed by atoms with Gasteiger partial charge in [-0.25, -0.2) is 8.42 Å². The Balaban J connectivity index is 2.22. The number of hydrogen-bond donors (Lipinski definition) is 1. The maximum atomic E-state index is 12.1. The molecule has 1 amide bonds. The largest absolute Gasteiger partial charge is 0.326 e. The van der Waals surface area contributed by atoms with E-state index in [0.717, 1.165) is 17.5 Å². The molecule has 0 saturated carbocycles. The molecule has 0 unspecified atom stereocenters. The van der Waals surface area contributed by atoms with Crippen LogP contribution in [0.15, 0.2) is 18.2 Å². The van der Waals surface area contributed by atoms with Gasteiger partial charge < -0.3 is 5.32 Å². The van der Waals surface area contributed by atoms with Gasteiger partial charge in [-0.05, 0) is 36.1 Å². The van der Waals surface area contributed by atoms with Gasteiger partial charge in [0, 0.05) is 25.7 Å². The van der Waals surface area contributed by atoms with E-state index in [9.17, 15) is 13.2 Å². The van der Waals surface area contributed by atoms with Crippen LogP contribution in [-0.4, -0.2) is 30.9 Å². The van der Waals surface area contributed by atoms with Crippen LogP contribution in [0.1, 0.15) is 31.4 Å². The lowest BCUT2D eigenvalue weighted by Crippen LogP contribution is -2.37. The van der Waals surface area contributed by atoms with E-state index in [-0.39, 0.29) is 11.7 Å². The van der Waals surface area contributed by atoms with Gasteiger partial charge in [0.05, 0.1) is 5.75 Å². The summed E-state index contributed by atoms with van der Waals surface area (Å²) >= 11 is 0. The number of hydrogen-bond acceptors (Lipinski definition) is 3. The topological polar surface area (TPSA) is 66.5 Å². The zero-order valence-electron chi connectivity index (χ0n) is 11.8. The molecule has 0 bridgehead atoms. The van der Waals surface area contributed by atoms with Crippen molar-refractivity contribution in [1.29, 1.82) is 0 Å². The van der Waals surface area contributed by atoms with Crippen LogP contribution in [0.4, 0.5) is 5.69 Å². The average molecular weight is 296 g/mol. The van der Waals surface area contributed by atoms with Gasteiger partial charge in [0.25, 0.3) is 0 Å². The highest BCUT2D eigenvalue weighted by atomic mass is 32.2. The van der Waals surface area contributed by atoms with E-state index in [2.05, 4.69) is 5.32 Å². The Morgan fingerprint density at radius 2 is 2.10 bits per heavy atom. The lowest BCUT2D eigenvalue weighted by Gasteiger charge is -2.28. The zero-order chi connectivity index (χ0) is 14.8. The Hall–Kier alpha value is -1.40. The van der Waals surface area contributed by atoms with Gasteiger partial charge in [-0.2, -0.15) is 4.31 Å². The summed E-state index contributed by atoms with van der Waals surface area (Å²) in [5, 5.41) is 2.73. The van der Waals surface area contributed by atoms with Crippen molar-refractivity contribution in [2.75, 3.05) is 17.6 Å². The van der Waals surface area contributed by atoms with Gasteiger partial charge in [-0.3, -0.25) is 4.79 Å². The number of anilines is 1. The van der Waals surface area contributed by atoms with E-state index in [1.807, 2.05) is 25.1 Å². The molecule has 1 aliphatic rings.